The van der Waals surface area contributed by atoms with Crippen LogP contribution >= 0.6 is 15.9 Å². The van der Waals surface area contributed by atoms with Crippen LogP contribution in [0.15, 0.2) is 21.4 Å². The third-order valence-electron chi connectivity index (χ3n) is 2.34. The molecule has 0 spiro atoms. The van der Waals surface area contributed by atoms with E-state index in [1.54, 1.807) is 6.07 Å². The maximum Gasteiger partial charge on any atom is 0.305 e. The van der Waals surface area contributed by atoms with Gasteiger partial charge < -0.3 is 14.8 Å². The van der Waals surface area contributed by atoms with Crippen molar-refractivity contribution in [3.63, 3.8) is 0 Å². The summed E-state index contributed by atoms with van der Waals surface area (Å²) in [5.41, 5.74) is 0.376. The number of aliphatic carboxylic acids is 1. The van der Waals surface area contributed by atoms with Crippen molar-refractivity contribution in [2.24, 2.45) is 5.92 Å². The zero-order valence-electron chi connectivity index (χ0n) is 10.3. The Balaban J connectivity index is 2.64. The van der Waals surface area contributed by atoms with Crippen LogP contribution in [0.25, 0.3) is 0 Å². The van der Waals surface area contributed by atoms with E-state index in [0.29, 0.717) is 22.6 Å². The van der Waals surface area contributed by atoms with E-state index < -0.39 is 5.97 Å². The monoisotopic (exact) mass is 317 g/mol. The molecule has 2 N–H and O–H groups in total. The van der Waals surface area contributed by atoms with E-state index in [0.717, 1.165) is 0 Å². The highest BCUT2D eigenvalue weighted by atomic mass is 79.9. The Morgan fingerprint density at radius 1 is 1.50 bits per heavy atom. The van der Waals surface area contributed by atoms with Gasteiger partial charge in [-0.2, -0.15) is 0 Å². The lowest BCUT2D eigenvalue weighted by molar-refractivity contribution is -0.137. The van der Waals surface area contributed by atoms with E-state index >= 15 is 0 Å². The molecule has 0 unspecified atom stereocenters. The van der Waals surface area contributed by atoms with Crippen molar-refractivity contribution in [1.82, 2.24) is 5.32 Å². The van der Waals surface area contributed by atoms with Gasteiger partial charge in [0, 0.05) is 12.1 Å². The molecule has 6 heteroatoms. The van der Waals surface area contributed by atoms with Crippen LogP contribution in [0, 0.1) is 5.92 Å². The number of hydrogen-bond acceptors (Lipinski definition) is 3. The van der Waals surface area contributed by atoms with Gasteiger partial charge in [0.15, 0.2) is 4.67 Å². The summed E-state index contributed by atoms with van der Waals surface area (Å²) in [7, 11) is 0. The summed E-state index contributed by atoms with van der Waals surface area (Å²) in [5.74, 6) is -0.934. The smallest absolute Gasteiger partial charge is 0.305 e. The number of carboxylic acid groups (broad SMARTS) is 1. The number of furan rings is 1. The number of rotatable bonds is 6. The van der Waals surface area contributed by atoms with E-state index in [9.17, 15) is 9.59 Å². The Morgan fingerprint density at radius 2 is 2.17 bits per heavy atom. The molecule has 0 aliphatic heterocycles. The highest BCUT2D eigenvalue weighted by molar-refractivity contribution is 9.10. The van der Waals surface area contributed by atoms with Gasteiger partial charge in [-0.15, -0.1) is 0 Å². The molecular formula is C12H16BrNO4. The largest absolute Gasteiger partial charge is 0.481 e. The number of nitrogens with one attached hydrogen (secondary N) is 1. The highest BCUT2D eigenvalue weighted by Gasteiger charge is 2.19. The number of carbonyl (C=O) groups is 2. The normalized spacial score (nSPS) is 12.4. The predicted octanol–water partition coefficient (Wildman–Crippen LogP) is 2.66. The lowest BCUT2D eigenvalue weighted by Gasteiger charge is -2.18. The second kappa shape index (κ2) is 6.58. The number of carboxylic acids is 1. The second-order valence-electron chi connectivity index (χ2n) is 4.54. The first-order valence-electron chi connectivity index (χ1n) is 5.65. The molecule has 1 atom stereocenters. The van der Waals surface area contributed by atoms with Crippen molar-refractivity contribution < 1.29 is 19.1 Å². The van der Waals surface area contributed by atoms with Crippen molar-refractivity contribution >= 4 is 27.8 Å². The number of halogens is 1. The van der Waals surface area contributed by atoms with Crippen LogP contribution in [0.4, 0.5) is 0 Å². The molecule has 1 aromatic heterocycles. The van der Waals surface area contributed by atoms with Crippen LogP contribution < -0.4 is 5.32 Å². The van der Waals surface area contributed by atoms with Crippen LogP contribution in [0.2, 0.25) is 0 Å². The van der Waals surface area contributed by atoms with Crippen LogP contribution in [-0.2, 0) is 4.79 Å². The fraction of sp³-hybridized carbons (Fsp3) is 0.500. The van der Waals surface area contributed by atoms with Gasteiger partial charge in [-0.05, 0) is 28.3 Å². The third kappa shape index (κ3) is 4.91. The number of carbonyl (C=O) groups excluding carboxylic acids is 1. The average Bonchev–Trinajstić information content (AvgIpc) is 2.62. The minimum atomic E-state index is -0.922. The Morgan fingerprint density at radius 3 is 2.61 bits per heavy atom. The molecule has 0 saturated heterocycles. The summed E-state index contributed by atoms with van der Waals surface area (Å²) in [6, 6.07) is 1.17. The number of hydrogen-bond donors (Lipinski definition) is 2. The summed E-state index contributed by atoms with van der Waals surface area (Å²) >= 11 is 3.11. The molecule has 1 amide bonds. The van der Waals surface area contributed by atoms with Gasteiger partial charge >= 0.3 is 5.97 Å². The fourth-order valence-corrected chi connectivity index (χ4v) is 2.01. The van der Waals surface area contributed by atoms with Gasteiger partial charge in [-0.3, -0.25) is 9.59 Å². The Hall–Kier alpha value is -1.30. The van der Waals surface area contributed by atoms with E-state index in [2.05, 4.69) is 21.2 Å². The van der Waals surface area contributed by atoms with Gasteiger partial charge in [0.05, 0.1) is 12.0 Å². The van der Waals surface area contributed by atoms with Crippen LogP contribution in [0.5, 0.6) is 0 Å². The Bertz CT molecular complexity index is 427. The van der Waals surface area contributed by atoms with Crippen molar-refractivity contribution in [3.8, 4) is 0 Å². The lowest BCUT2D eigenvalue weighted by Crippen LogP contribution is -2.37. The van der Waals surface area contributed by atoms with Crippen molar-refractivity contribution in [2.75, 3.05) is 0 Å². The molecule has 0 aliphatic carbocycles. The summed E-state index contributed by atoms with van der Waals surface area (Å²) in [5, 5.41) is 11.5. The van der Waals surface area contributed by atoms with E-state index in [4.69, 9.17) is 9.52 Å². The Kier molecular flexibility index (Phi) is 5.40. The molecule has 1 aromatic rings. The molecule has 1 heterocycles. The summed E-state index contributed by atoms with van der Waals surface area (Å²) in [6.45, 7) is 3.96. The van der Waals surface area contributed by atoms with Gasteiger partial charge in [0.1, 0.15) is 6.26 Å². The topological polar surface area (TPSA) is 79.5 Å². The molecule has 100 valence electrons. The summed E-state index contributed by atoms with van der Waals surface area (Å²) in [4.78, 5) is 22.6. The molecule has 18 heavy (non-hydrogen) atoms. The first kappa shape index (κ1) is 14.8. The maximum atomic E-state index is 11.8. The third-order valence-corrected chi connectivity index (χ3v) is 2.76. The van der Waals surface area contributed by atoms with Gasteiger partial charge in [0.25, 0.3) is 5.91 Å². The van der Waals surface area contributed by atoms with Crippen LogP contribution in [-0.4, -0.2) is 23.0 Å². The molecule has 5 nitrogen and oxygen atoms in total. The maximum absolute atomic E-state index is 11.8. The SMILES string of the molecule is CC(C)C[C@@H](CC(=O)O)NC(=O)c1coc(Br)c1. The molecule has 0 aromatic carbocycles. The van der Waals surface area contributed by atoms with Crippen molar-refractivity contribution in [3.05, 3.63) is 22.6 Å². The van der Waals surface area contributed by atoms with Gasteiger partial charge in [-0.25, -0.2) is 0 Å². The van der Waals surface area contributed by atoms with E-state index in [1.165, 1.54) is 6.26 Å². The highest BCUT2D eigenvalue weighted by Crippen LogP contribution is 2.15. The summed E-state index contributed by atoms with van der Waals surface area (Å²) < 4.78 is 5.43. The van der Waals surface area contributed by atoms with E-state index in [1.807, 2.05) is 13.8 Å². The summed E-state index contributed by atoms with van der Waals surface area (Å²) in [6.07, 6.45) is 1.87. The van der Waals surface area contributed by atoms with Crippen LogP contribution in [0.3, 0.4) is 0 Å². The molecule has 1 rings (SSSR count). The quantitative estimate of drug-likeness (QED) is 0.845. The average molecular weight is 318 g/mol. The molecular weight excluding hydrogens is 302 g/mol. The van der Waals surface area contributed by atoms with E-state index in [-0.39, 0.29) is 18.4 Å². The number of amides is 1. The zero-order chi connectivity index (χ0) is 13.7. The first-order chi connectivity index (χ1) is 8.38. The van der Waals surface area contributed by atoms with Gasteiger partial charge in [0.2, 0.25) is 0 Å². The molecule has 0 radical (unpaired) electrons. The molecule has 0 bridgehead atoms. The van der Waals surface area contributed by atoms with Crippen molar-refractivity contribution in [2.45, 2.75) is 32.7 Å². The molecule has 0 fully saturated rings. The minimum absolute atomic E-state index is 0.0804. The standard InChI is InChI=1S/C12H16BrNO4/c1-7(2)3-9(5-11(15)16)14-12(17)8-4-10(13)18-6-8/h4,6-7,9H,3,5H2,1-2H3,(H,14,17)(H,15,16)/t9-/m0/s1. The first-order valence-corrected chi connectivity index (χ1v) is 6.44. The van der Waals surface area contributed by atoms with Crippen LogP contribution in [0.1, 0.15) is 37.0 Å². The molecule has 0 saturated carbocycles. The lowest BCUT2D eigenvalue weighted by atomic mass is 10.0. The predicted molar refractivity (Wildman–Crippen MR) is 69.4 cm³/mol. The van der Waals surface area contributed by atoms with Crippen molar-refractivity contribution in [1.29, 1.82) is 0 Å². The minimum Gasteiger partial charge on any atom is -0.481 e. The fourth-order valence-electron chi connectivity index (χ4n) is 1.67. The Labute approximate surface area is 114 Å². The zero-order valence-corrected chi connectivity index (χ0v) is 11.9. The van der Waals surface area contributed by atoms with Gasteiger partial charge in [-0.1, -0.05) is 13.8 Å². The second-order valence-corrected chi connectivity index (χ2v) is 5.32. The molecule has 0 aliphatic rings.